The molecule has 2 N–H and O–H groups in total. The van der Waals surface area contributed by atoms with E-state index in [0.717, 1.165) is 17.9 Å². The van der Waals surface area contributed by atoms with E-state index in [2.05, 4.69) is 10.6 Å². The van der Waals surface area contributed by atoms with Crippen molar-refractivity contribution < 1.29 is 13.2 Å². The summed E-state index contributed by atoms with van der Waals surface area (Å²) >= 11 is 0. The van der Waals surface area contributed by atoms with Crippen LogP contribution in [0, 0.1) is 5.92 Å². The first-order valence-corrected chi connectivity index (χ1v) is 11.5. The van der Waals surface area contributed by atoms with Gasteiger partial charge >= 0.3 is 6.03 Å². The topological polar surface area (TPSA) is 78.5 Å². The lowest BCUT2D eigenvalue weighted by atomic mass is 10.0. The summed E-state index contributed by atoms with van der Waals surface area (Å²) in [5, 5.41) is 5.84. The van der Waals surface area contributed by atoms with Gasteiger partial charge in [-0.05, 0) is 37.0 Å². The monoisotopic (exact) mass is 395 g/mol. The molecule has 1 aromatic rings. The average molecular weight is 396 g/mol. The third-order valence-electron chi connectivity index (χ3n) is 5.38. The molecule has 0 spiro atoms. The molecule has 6 nitrogen and oxygen atoms in total. The lowest BCUT2D eigenvalue weighted by Crippen LogP contribution is -2.37. The molecule has 1 unspecified atom stereocenters. The predicted molar refractivity (Wildman–Crippen MR) is 108 cm³/mol. The summed E-state index contributed by atoms with van der Waals surface area (Å²) < 4.78 is 26.5. The zero-order chi connectivity index (χ0) is 19.9. The summed E-state index contributed by atoms with van der Waals surface area (Å²) in [6.07, 6.45) is 6.23. The number of benzene rings is 1. The van der Waals surface area contributed by atoms with Gasteiger partial charge in [-0.25, -0.2) is 13.2 Å². The van der Waals surface area contributed by atoms with Crippen LogP contribution in [0.15, 0.2) is 29.2 Å². The second-order valence-electron chi connectivity index (χ2n) is 7.22. The van der Waals surface area contributed by atoms with Crippen molar-refractivity contribution >= 4 is 16.1 Å². The van der Waals surface area contributed by atoms with Crippen LogP contribution in [0.4, 0.5) is 4.79 Å². The minimum Gasteiger partial charge on any atom is -0.338 e. The Hall–Kier alpha value is -1.60. The number of urea groups is 1. The van der Waals surface area contributed by atoms with Crippen LogP contribution in [0.25, 0.3) is 0 Å². The average Bonchev–Trinajstić information content (AvgIpc) is 3.16. The molecular formula is C20H33N3O3S. The van der Waals surface area contributed by atoms with E-state index in [1.807, 2.05) is 20.8 Å². The summed E-state index contributed by atoms with van der Waals surface area (Å²) in [4.78, 5) is 12.3. The summed E-state index contributed by atoms with van der Waals surface area (Å²) in [5.41, 5.74) is 0.874. The van der Waals surface area contributed by atoms with Gasteiger partial charge in [0.15, 0.2) is 0 Å². The quantitative estimate of drug-likeness (QED) is 0.670. The van der Waals surface area contributed by atoms with Crippen LogP contribution in [0.2, 0.25) is 0 Å². The number of nitrogens with zero attached hydrogens (tertiary/aromatic N) is 1. The fraction of sp³-hybridized carbons (Fsp3) is 0.650. The van der Waals surface area contributed by atoms with E-state index in [0.29, 0.717) is 19.6 Å². The van der Waals surface area contributed by atoms with Crippen molar-refractivity contribution in [3.05, 3.63) is 29.8 Å². The number of sulfonamides is 1. The molecule has 2 amide bonds. The fourth-order valence-corrected chi connectivity index (χ4v) is 5.12. The Morgan fingerprint density at radius 2 is 1.74 bits per heavy atom. The van der Waals surface area contributed by atoms with Crippen LogP contribution < -0.4 is 10.6 Å². The summed E-state index contributed by atoms with van der Waals surface area (Å²) in [5.74, 6) is 0.753. The summed E-state index contributed by atoms with van der Waals surface area (Å²) in [6, 6.07) is 6.37. The summed E-state index contributed by atoms with van der Waals surface area (Å²) in [6.45, 7) is 7.13. The largest absolute Gasteiger partial charge is 0.338 e. The number of rotatable bonds is 9. The van der Waals surface area contributed by atoms with E-state index < -0.39 is 10.0 Å². The second kappa shape index (κ2) is 10.1. The maximum absolute atomic E-state index is 12.5. The standard InChI is InChI=1S/C20H33N3O3S/c1-4-23(5-2)27(25,26)19-12-10-18(11-13-19)16(3)22-20(24)21-15-14-17-8-6-7-9-17/h10-13,16-17H,4-9,14-15H2,1-3H3,(H2,21,22,24). The van der Waals surface area contributed by atoms with E-state index in [-0.39, 0.29) is 17.0 Å². The van der Waals surface area contributed by atoms with E-state index in [4.69, 9.17) is 0 Å². The molecule has 1 aliphatic carbocycles. The molecule has 0 aliphatic heterocycles. The van der Waals surface area contributed by atoms with Crippen molar-refractivity contribution in [3.63, 3.8) is 0 Å². The normalized spacial score (nSPS) is 16.4. The Labute approximate surface area is 163 Å². The van der Waals surface area contributed by atoms with Crippen LogP contribution >= 0.6 is 0 Å². The molecule has 1 atom stereocenters. The van der Waals surface area contributed by atoms with Gasteiger partial charge in [-0.3, -0.25) is 0 Å². The van der Waals surface area contributed by atoms with Crippen LogP contribution in [0.5, 0.6) is 0 Å². The molecule has 1 aromatic carbocycles. The van der Waals surface area contributed by atoms with Crippen molar-refractivity contribution in [2.45, 2.75) is 63.8 Å². The highest BCUT2D eigenvalue weighted by Gasteiger charge is 2.21. The van der Waals surface area contributed by atoms with E-state index in [1.54, 1.807) is 24.3 Å². The van der Waals surface area contributed by atoms with Gasteiger partial charge in [0.25, 0.3) is 0 Å². The van der Waals surface area contributed by atoms with E-state index in [1.165, 1.54) is 30.0 Å². The number of carbonyl (C=O) groups is 1. The Morgan fingerprint density at radius 3 is 2.30 bits per heavy atom. The van der Waals surface area contributed by atoms with E-state index >= 15 is 0 Å². The van der Waals surface area contributed by atoms with Gasteiger partial charge in [-0.1, -0.05) is 51.7 Å². The third-order valence-corrected chi connectivity index (χ3v) is 7.45. The van der Waals surface area contributed by atoms with Gasteiger partial charge in [0.2, 0.25) is 10.0 Å². The fourth-order valence-electron chi connectivity index (χ4n) is 3.66. The zero-order valence-corrected chi connectivity index (χ0v) is 17.5. The number of amides is 2. The van der Waals surface area contributed by atoms with Gasteiger partial charge in [-0.15, -0.1) is 0 Å². The lowest BCUT2D eigenvalue weighted by molar-refractivity contribution is 0.237. The third kappa shape index (κ3) is 5.94. The minimum atomic E-state index is -3.45. The number of hydrogen-bond acceptors (Lipinski definition) is 3. The molecule has 7 heteroatoms. The van der Waals surface area contributed by atoms with Gasteiger partial charge in [0, 0.05) is 19.6 Å². The highest BCUT2D eigenvalue weighted by Crippen LogP contribution is 2.26. The smallest absolute Gasteiger partial charge is 0.315 e. The highest BCUT2D eigenvalue weighted by atomic mass is 32.2. The Bertz CT molecular complexity index is 694. The zero-order valence-electron chi connectivity index (χ0n) is 16.7. The number of hydrogen-bond donors (Lipinski definition) is 2. The second-order valence-corrected chi connectivity index (χ2v) is 9.16. The first-order chi connectivity index (χ1) is 12.9. The molecule has 0 aromatic heterocycles. The molecule has 0 radical (unpaired) electrons. The van der Waals surface area contributed by atoms with Crippen LogP contribution in [0.3, 0.4) is 0 Å². The van der Waals surface area contributed by atoms with Crippen molar-refractivity contribution in [2.24, 2.45) is 5.92 Å². The maximum Gasteiger partial charge on any atom is 0.315 e. The summed E-state index contributed by atoms with van der Waals surface area (Å²) in [7, 11) is -3.45. The molecule has 2 rings (SSSR count). The SMILES string of the molecule is CCN(CC)S(=O)(=O)c1ccc(C(C)NC(=O)NCCC2CCCC2)cc1. The van der Waals surface area contributed by atoms with Crippen LogP contribution in [0.1, 0.15) is 64.5 Å². The first kappa shape index (κ1) is 21.7. The number of carbonyl (C=O) groups excluding carboxylic acids is 1. The molecule has 1 aliphatic rings. The Kier molecular flexibility index (Phi) is 8.10. The van der Waals surface area contributed by atoms with Crippen molar-refractivity contribution in [1.82, 2.24) is 14.9 Å². The van der Waals surface area contributed by atoms with Gasteiger partial charge in [-0.2, -0.15) is 4.31 Å². The molecular weight excluding hydrogens is 362 g/mol. The van der Waals surface area contributed by atoms with Gasteiger partial charge < -0.3 is 10.6 Å². The predicted octanol–water partition coefficient (Wildman–Crippen LogP) is 3.66. The Balaban J connectivity index is 1.87. The van der Waals surface area contributed by atoms with Crippen molar-refractivity contribution in [2.75, 3.05) is 19.6 Å². The minimum absolute atomic E-state index is 0.180. The molecule has 27 heavy (non-hydrogen) atoms. The van der Waals surface area contributed by atoms with E-state index in [9.17, 15) is 13.2 Å². The van der Waals surface area contributed by atoms with Crippen molar-refractivity contribution in [3.8, 4) is 0 Å². The van der Waals surface area contributed by atoms with Gasteiger partial charge in [0.1, 0.15) is 0 Å². The molecule has 0 heterocycles. The highest BCUT2D eigenvalue weighted by molar-refractivity contribution is 7.89. The van der Waals surface area contributed by atoms with Crippen LogP contribution in [-0.2, 0) is 10.0 Å². The molecule has 152 valence electrons. The Morgan fingerprint density at radius 1 is 1.15 bits per heavy atom. The van der Waals surface area contributed by atoms with Gasteiger partial charge in [0.05, 0.1) is 10.9 Å². The molecule has 0 saturated heterocycles. The molecule has 1 saturated carbocycles. The lowest BCUT2D eigenvalue weighted by Gasteiger charge is -2.19. The van der Waals surface area contributed by atoms with Crippen molar-refractivity contribution in [1.29, 1.82) is 0 Å². The first-order valence-electron chi connectivity index (χ1n) is 10.0. The number of nitrogens with one attached hydrogen (secondary N) is 2. The maximum atomic E-state index is 12.5. The van der Waals surface area contributed by atoms with Crippen LogP contribution in [-0.4, -0.2) is 38.4 Å². The molecule has 1 fully saturated rings. The molecule has 0 bridgehead atoms.